The topological polar surface area (TPSA) is 52.7 Å². The fourth-order valence-electron chi connectivity index (χ4n) is 5.13. The van der Waals surface area contributed by atoms with E-state index in [0.717, 1.165) is 31.4 Å². The summed E-state index contributed by atoms with van der Waals surface area (Å²) >= 11 is 0. The molecule has 2 aliphatic rings. The van der Waals surface area contributed by atoms with Gasteiger partial charge in [-0.2, -0.15) is 0 Å². The lowest BCUT2D eigenvalue weighted by molar-refractivity contribution is -0.123. The van der Waals surface area contributed by atoms with Crippen LogP contribution in [0.25, 0.3) is 0 Å². The number of carbonyl (C=O) groups excluding carboxylic acids is 2. The van der Waals surface area contributed by atoms with Crippen molar-refractivity contribution in [3.05, 3.63) is 65.5 Å². The quantitative estimate of drug-likeness (QED) is 0.679. The number of benzene rings is 2. The molecule has 0 radical (unpaired) electrons. The molecule has 1 saturated carbocycles. The number of nitrogens with zero attached hydrogens (tertiary/aromatic N) is 2. The molecule has 1 atom stereocenters. The van der Waals surface area contributed by atoms with Crippen molar-refractivity contribution in [1.29, 1.82) is 0 Å². The molecule has 2 amide bonds. The lowest BCUT2D eigenvalue weighted by atomic mass is 9.94. The summed E-state index contributed by atoms with van der Waals surface area (Å²) in [5.74, 6) is 0.280. The van der Waals surface area contributed by atoms with Gasteiger partial charge in [0, 0.05) is 37.4 Å². The number of piperazine rings is 1. The first-order chi connectivity index (χ1) is 15.9. The Kier molecular flexibility index (Phi) is 7.43. The highest BCUT2D eigenvalue weighted by atomic mass is 19.1. The van der Waals surface area contributed by atoms with Crippen molar-refractivity contribution < 1.29 is 14.0 Å². The van der Waals surface area contributed by atoms with Crippen LogP contribution in [-0.2, 0) is 4.79 Å². The van der Waals surface area contributed by atoms with Crippen LogP contribution in [0.15, 0.2) is 48.5 Å². The Balaban J connectivity index is 1.42. The van der Waals surface area contributed by atoms with E-state index in [-0.39, 0.29) is 17.9 Å². The number of hydrogen-bond acceptors (Lipinski definition) is 3. The summed E-state index contributed by atoms with van der Waals surface area (Å²) < 4.78 is 13.5. The molecule has 0 spiro atoms. The minimum Gasteiger partial charge on any atom is -0.336 e. The van der Waals surface area contributed by atoms with Gasteiger partial charge in [-0.05, 0) is 60.6 Å². The van der Waals surface area contributed by atoms with Gasteiger partial charge in [-0.25, -0.2) is 4.39 Å². The average molecular weight is 452 g/mol. The number of carbonyl (C=O) groups is 2. The van der Waals surface area contributed by atoms with Crippen LogP contribution in [0.2, 0.25) is 0 Å². The Labute approximate surface area is 196 Å². The van der Waals surface area contributed by atoms with Gasteiger partial charge in [0.15, 0.2) is 0 Å². The van der Waals surface area contributed by atoms with Crippen LogP contribution in [0.3, 0.4) is 0 Å². The zero-order chi connectivity index (χ0) is 23.4. The summed E-state index contributed by atoms with van der Waals surface area (Å²) in [6.45, 7) is 6.67. The number of anilines is 1. The smallest absolute Gasteiger partial charge is 0.254 e. The van der Waals surface area contributed by atoms with Crippen LogP contribution < -0.4 is 5.32 Å². The Morgan fingerprint density at radius 3 is 2.24 bits per heavy atom. The SMILES string of the molecule is CC(C)c1ccc(NC(=O)[C@@H](C2CCCC2)N2CCN(C(=O)c3cccc(F)c3)CC2)cc1. The molecule has 0 aromatic heterocycles. The molecule has 4 rings (SSSR count). The molecule has 33 heavy (non-hydrogen) atoms. The first kappa shape index (κ1) is 23.4. The average Bonchev–Trinajstić information content (AvgIpc) is 3.34. The van der Waals surface area contributed by atoms with Gasteiger partial charge >= 0.3 is 0 Å². The molecular formula is C27H34FN3O2. The highest BCUT2D eigenvalue weighted by Crippen LogP contribution is 2.32. The summed E-state index contributed by atoms with van der Waals surface area (Å²) in [7, 11) is 0. The van der Waals surface area contributed by atoms with E-state index in [9.17, 15) is 14.0 Å². The molecular weight excluding hydrogens is 417 g/mol. The molecule has 6 heteroatoms. The number of rotatable bonds is 6. The molecule has 2 aromatic rings. The van der Waals surface area contributed by atoms with Crippen LogP contribution in [0.5, 0.6) is 0 Å². The van der Waals surface area contributed by atoms with Crippen molar-refractivity contribution in [3.63, 3.8) is 0 Å². The van der Waals surface area contributed by atoms with Crippen molar-refractivity contribution in [2.75, 3.05) is 31.5 Å². The third-order valence-electron chi connectivity index (χ3n) is 7.03. The van der Waals surface area contributed by atoms with Crippen LogP contribution >= 0.6 is 0 Å². The predicted octanol–water partition coefficient (Wildman–Crippen LogP) is 4.90. The molecule has 0 unspecified atom stereocenters. The number of nitrogens with one attached hydrogen (secondary N) is 1. The molecule has 176 valence electrons. The van der Waals surface area contributed by atoms with Crippen molar-refractivity contribution in [2.45, 2.75) is 51.5 Å². The van der Waals surface area contributed by atoms with Gasteiger partial charge in [0.2, 0.25) is 5.91 Å². The van der Waals surface area contributed by atoms with E-state index in [1.54, 1.807) is 17.0 Å². The summed E-state index contributed by atoms with van der Waals surface area (Å²) in [5.41, 5.74) is 2.45. The van der Waals surface area contributed by atoms with Gasteiger partial charge in [0.1, 0.15) is 5.82 Å². The van der Waals surface area contributed by atoms with Gasteiger partial charge in [-0.15, -0.1) is 0 Å². The monoisotopic (exact) mass is 451 g/mol. The van der Waals surface area contributed by atoms with Gasteiger partial charge in [-0.3, -0.25) is 14.5 Å². The van der Waals surface area contributed by atoms with E-state index in [0.29, 0.717) is 43.6 Å². The summed E-state index contributed by atoms with van der Waals surface area (Å²) in [5, 5.41) is 3.15. The molecule has 1 aliphatic carbocycles. The van der Waals surface area contributed by atoms with E-state index in [4.69, 9.17) is 0 Å². The molecule has 1 heterocycles. The summed E-state index contributed by atoms with van der Waals surface area (Å²) in [6, 6.07) is 13.8. The van der Waals surface area contributed by atoms with Gasteiger partial charge < -0.3 is 10.2 Å². The number of hydrogen-bond donors (Lipinski definition) is 1. The maximum absolute atomic E-state index is 13.5. The molecule has 1 aliphatic heterocycles. The third-order valence-corrected chi connectivity index (χ3v) is 7.03. The highest BCUT2D eigenvalue weighted by molar-refractivity contribution is 5.95. The largest absolute Gasteiger partial charge is 0.336 e. The zero-order valence-electron chi connectivity index (χ0n) is 19.6. The van der Waals surface area contributed by atoms with Gasteiger partial charge in [0.05, 0.1) is 6.04 Å². The van der Waals surface area contributed by atoms with E-state index < -0.39 is 5.82 Å². The zero-order valence-corrected chi connectivity index (χ0v) is 19.6. The fourth-order valence-corrected chi connectivity index (χ4v) is 5.13. The first-order valence-corrected chi connectivity index (χ1v) is 12.1. The van der Waals surface area contributed by atoms with Crippen LogP contribution in [0.4, 0.5) is 10.1 Å². The van der Waals surface area contributed by atoms with E-state index >= 15 is 0 Å². The molecule has 1 saturated heterocycles. The Morgan fingerprint density at radius 1 is 0.970 bits per heavy atom. The Morgan fingerprint density at radius 2 is 1.64 bits per heavy atom. The normalized spacial score (nSPS) is 18.5. The van der Waals surface area contributed by atoms with Crippen LogP contribution in [-0.4, -0.2) is 53.8 Å². The van der Waals surface area contributed by atoms with Gasteiger partial charge in [0.25, 0.3) is 5.91 Å². The van der Waals surface area contributed by atoms with E-state index in [2.05, 4.69) is 36.2 Å². The van der Waals surface area contributed by atoms with Crippen molar-refractivity contribution >= 4 is 17.5 Å². The highest BCUT2D eigenvalue weighted by Gasteiger charge is 2.37. The van der Waals surface area contributed by atoms with E-state index in [1.807, 2.05) is 12.1 Å². The fraction of sp³-hybridized carbons (Fsp3) is 0.481. The van der Waals surface area contributed by atoms with Crippen molar-refractivity contribution in [2.24, 2.45) is 5.92 Å². The molecule has 0 bridgehead atoms. The second kappa shape index (κ2) is 10.5. The predicted molar refractivity (Wildman–Crippen MR) is 129 cm³/mol. The molecule has 2 aromatic carbocycles. The number of amides is 2. The minimum absolute atomic E-state index is 0.0455. The minimum atomic E-state index is -0.404. The Bertz CT molecular complexity index is 962. The van der Waals surface area contributed by atoms with Crippen LogP contribution in [0, 0.1) is 11.7 Å². The molecule has 5 nitrogen and oxygen atoms in total. The Hall–Kier alpha value is -2.73. The van der Waals surface area contributed by atoms with Crippen molar-refractivity contribution in [1.82, 2.24) is 9.80 Å². The molecule has 2 fully saturated rings. The number of halogens is 1. The lowest BCUT2D eigenvalue weighted by Gasteiger charge is -2.40. The maximum Gasteiger partial charge on any atom is 0.254 e. The standard InChI is InChI=1S/C27H34FN3O2/c1-19(2)20-10-12-24(13-11-20)29-26(32)25(21-6-3-4-7-21)30-14-16-31(17-15-30)27(33)22-8-5-9-23(28)18-22/h5,8-13,18-19,21,25H,3-4,6-7,14-17H2,1-2H3,(H,29,32)/t25-/m1/s1. The van der Waals surface area contributed by atoms with Gasteiger partial charge in [-0.1, -0.05) is 44.9 Å². The van der Waals surface area contributed by atoms with Crippen LogP contribution in [0.1, 0.15) is 61.4 Å². The maximum atomic E-state index is 13.5. The van der Waals surface area contributed by atoms with Crippen molar-refractivity contribution in [3.8, 4) is 0 Å². The summed E-state index contributed by atoms with van der Waals surface area (Å²) in [4.78, 5) is 30.2. The first-order valence-electron chi connectivity index (χ1n) is 12.1. The third kappa shape index (κ3) is 5.61. The second-order valence-electron chi connectivity index (χ2n) is 9.59. The second-order valence-corrected chi connectivity index (χ2v) is 9.59. The lowest BCUT2D eigenvalue weighted by Crippen LogP contribution is -2.56. The molecule has 1 N–H and O–H groups in total. The van der Waals surface area contributed by atoms with E-state index in [1.165, 1.54) is 17.7 Å². The summed E-state index contributed by atoms with van der Waals surface area (Å²) in [6.07, 6.45) is 4.45.